The number of aliphatic imine (C=N–C) groups is 1. The van der Waals surface area contributed by atoms with Gasteiger partial charge >= 0.3 is 0 Å². The molecule has 8 heteroatoms. The Bertz CT molecular complexity index is 599. The number of guanidine groups is 1. The van der Waals surface area contributed by atoms with E-state index in [9.17, 15) is 0 Å². The third-order valence-corrected chi connectivity index (χ3v) is 5.74. The molecular formula is C20H36N6O2. The molecule has 1 aromatic rings. The predicted octanol–water partition coefficient (Wildman–Crippen LogP) is 1.00. The van der Waals surface area contributed by atoms with Crippen molar-refractivity contribution >= 4 is 5.96 Å². The lowest BCUT2D eigenvalue weighted by molar-refractivity contribution is 0.0389. The van der Waals surface area contributed by atoms with E-state index < -0.39 is 0 Å². The minimum absolute atomic E-state index is 0.682. The summed E-state index contributed by atoms with van der Waals surface area (Å²) in [4.78, 5) is 13.7. The highest BCUT2D eigenvalue weighted by Gasteiger charge is 2.21. The number of aryl methyl sites for hydroxylation is 2. The van der Waals surface area contributed by atoms with E-state index in [1.165, 1.54) is 12.8 Å². The molecule has 0 unspecified atom stereocenters. The van der Waals surface area contributed by atoms with E-state index in [-0.39, 0.29) is 0 Å². The minimum atomic E-state index is 0.682. The van der Waals surface area contributed by atoms with Crippen molar-refractivity contribution in [2.24, 2.45) is 10.9 Å². The summed E-state index contributed by atoms with van der Waals surface area (Å²) in [6.45, 7) is 13.6. The van der Waals surface area contributed by atoms with Gasteiger partial charge in [0.05, 0.1) is 25.5 Å². The largest absolute Gasteiger partial charge is 0.444 e. The molecule has 0 aliphatic carbocycles. The summed E-state index contributed by atoms with van der Waals surface area (Å²) >= 11 is 0. The summed E-state index contributed by atoms with van der Waals surface area (Å²) in [7, 11) is 1.84. The van der Waals surface area contributed by atoms with Crippen LogP contribution in [0.4, 0.5) is 0 Å². The second kappa shape index (κ2) is 10.8. The number of aromatic nitrogens is 1. The fraction of sp³-hybridized carbons (Fsp3) is 0.800. The van der Waals surface area contributed by atoms with Crippen LogP contribution < -0.4 is 10.6 Å². The molecule has 28 heavy (non-hydrogen) atoms. The molecule has 2 aliphatic heterocycles. The summed E-state index contributed by atoms with van der Waals surface area (Å²) in [5, 5.41) is 6.93. The Hall–Kier alpha value is -1.64. The van der Waals surface area contributed by atoms with Gasteiger partial charge in [-0.15, -0.1) is 0 Å². The number of rotatable bonds is 7. The van der Waals surface area contributed by atoms with Gasteiger partial charge in [0.15, 0.2) is 5.96 Å². The second-order valence-corrected chi connectivity index (χ2v) is 7.80. The van der Waals surface area contributed by atoms with Crippen molar-refractivity contribution in [3.8, 4) is 0 Å². The second-order valence-electron chi connectivity index (χ2n) is 7.80. The molecule has 3 heterocycles. The van der Waals surface area contributed by atoms with Gasteiger partial charge in [0.2, 0.25) is 5.89 Å². The standard InChI is InChI=1S/C20H36N6O2/c1-16-17(2)28-19(24-16)15-26-7-4-18(5-8-26)14-23-20(21-3)22-6-9-25-10-12-27-13-11-25/h18H,4-15H2,1-3H3,(H2,21,22,23). The van der Waals surface area contributed by atoms with Crippen LogP contribution in [0, 0.1) is 19.8 Å². The quantitative estimate of drug-likeness (QED) is 0.529. The number of morpholine rings is 1. The average molecular weight is 393 g/mol. The van der Waals surface area contributed by atoms with E-state index in [2.05, 4.69) is 30.4 Å². The SMILES string of the molecule is CN=C(NCCN1CCOCC1)NCC1CCN(Cc2nc(C)c(C)o2)CC1. The van der Waals surface area contributed by atoms with Crippen LogP contribution in [-0.4, -0.2) is 86.8 Å². The third-order valence-electron chi connectivity index (χ3n) is 5.74. The maximum absolute atomic E-state index is 5.72. The van der Waals surface area contributed by atoms with Gasteiger partial charge in [0.25, 0.3) is 0 Å². The van der Waals surface area contributed by atoms with E-state index in [0.29, 0.717) is 5.92 Å². The van der Waals surface area contributed by atoms with Crippen LogP contribution in [-0.2, 0) is 11.3 Å². The number of piperidine rings is 1. The molecule has 0 bridgehead atoms. The minimum Gasteiger partial charge on any atom is -0.444 e. The first-order chi connectivity index (χ1) is 13.6. The van der Waals surface area contributed by atoms with Crippen LogP contribution >= 0.6 is 0 Å². The van der Waals surface area contributed by atoms with Crippen LogP contribution in [0.15, 0.2) is 9.41 Å². The van der Waals surface area contributed by atoms with E-state index in [1.807, 2.05) is 20.9 Å². The summed E-state index contributed by atoms with van der Waals surface area (Å²) < 4.78 is 11.1. The van der Waals surface area contributed by atoms with E-state index in [1.54, 1.807) is 0 Å². The molecule has 0 saturated carbocycles. The van der Waals surface area contributed by atoms with E-state index >= 15 is 0 Å². The molecule has 0 radical (unpaired) electrons. The van der Waals surface area contributed by atoms with Gasteiger partial charge in [-0.2, -0.15) is 0 Å². The Labute approximate surface area is 168 Å². The third kappa shape index (κ3) is 6.46. The molecule has 0 aromatic carbocycles. The Balaban J connectivity index is 1.30. The molecule has 0 spiro atoms. The Morgan fingerprint density at radius 1 is 1.11 bits per heavy atom. The Kier molecular flexibility index (Phi) is 8.12. The lowest BCUT2D eigenvalue weighted by Gasteiger charge is -2.31. The number of oxazole rings is 1. The zero-order valence-corrected chi connectivity index (χ0v) is 17.7. The zero-order valence-electron chi connectivity index (χ0n) is 17.7. The number of likely N-dealkylation sites (tertiary alicyclic amines) is 1. The van der Waals surface area contributed by atoms with Gasteiger partial charge in [-0.1, -0.05) is 0 Å². The fourth-order valence-corrected chi connectivity index (χ4v) is 3.77. The normalized spacial score (nSPS) is 20.5. The van der Waals surface area contributed by atoms with Crippen LogP contribution in [0.25, 0.3) is 0 Å². The van der Waals surface area contributed by atoms with Gasteiger partial charge in [-0.05, 0) is 45.7 Å². The zero-order chi connectivity index (χ0) is 19.8. The number of hydrogen-bond donors (Lipinski definition) is 2. The van der Waals surface area contributed by atoms with Gasteiger partial charge < -0.3 is 19.8 Å². The first-order valence-electron chi connectivity index (χ1n) is 10.5. The molecular weight excluding hydrogens is 356 g/mol. The van der Waals surface area contributed by atoms with Crippen molar-refractivity contribution in [2.45, 2.75) is 33.2 Å². The van der Waals surface area contributed by atoms with Crippen LogP contribution in [0.2, 0.25) is 0 Å². The lowest BCUT2D eigenvalue weighted by Crippen LogP contribution is -2.46. The van der Waals surface area contributed by atoms with Crippen molar-refractivity contribution in [3.63, 3.8) is 0 Å². The van der Waals surface area contributed by atoms with Gasteiger partial charge in [-0.25, -0.2) is 4.98 Å². The summed E-state index contributed by atoms with van der Waals surface area (Å²) in [5.41, 5.74) is 1.00. The predicted molar refractivity (Wildman–Crippen MR) is 111 cm³/mol. The lowest BCUT2D eigenvalue weighted by atomic mass is 9.97. The van der Waals surface area contributed by atoms with Crippen molar-refractivity contribution in [1.29, 1.82) is 0 Å². The molecule has 0 amide bonds. The molecule has 8 nitrogen and oxygen atoms in total. The maximum atomic E-state index is 5.72. The average Bonchev–Trinajstić information content (AvgIpc) is 3.03. The topological polar surface area (TPSA) is 78.2 Å². The van der Waals surface area contributed by atoms with E-state index in [4.69, 9.17) is 9.15 Å². The Morgan fingerprint density at radius 3 is 2.50 bits per heavy atom. The molecule has 158 valence electrons. The van der Waals surface area contributed by atoms with Crippen LogP contribution in [0.5, 0.6) is 0 Å². The van der Waals surface area contributed by atoms with Crippen LogP contribution in [0.1, 0.15) is 30.2 Å². The van der Waals surface area contributed by atoms with Gasteiger partial charge in [0.1, 0.15) is 5.76 Å². The number of hydrogen-bond acceptors (Lipinski definition) is 6. The van der Waals surface area contributed by atoms with Gasteiger partial charge in [-0.3, -0.25) is 14.8 Å². The van der Waals surface area contributed by atoms with E-state index in [0.717, 1.165) is 88.9 Å². The first kappa shape index (κ1) is 21.1. The summed E-state index contributed by atoms with van der Waals surface area (Å²) in [6, 6.07) is 0. The molecule has 0 atom stereocenters. The highest BCUT2D eigenvalue weighted by atomic mass is 16.5. The number of nitrogens with one attached hydrogen (secondary N) is 2. The molecule has 2 fully saturated rings. The van der Waals surface area contributed by atoms with Crippen molar-refractivity contribution in [3.05, 3.63) is 17.3 Å². The number of nitrogens with zero attached hydrogens (tertiary/aromatic N) is 4. The molecule has 3 rings (SSSR count). The monoisotopic (exact) mass is 392 g/mol. The van der Waals surface area contributed by atoms with Gasteiger partial charge in [0, 0.05) is 39.8 Å². The Morgan fingerprint density at radius 2 is 1.86 bits per heavy atom. The summed E-state index contributed by atoms with van der Waals surface area (Å²) in [6.07, 6.45) is 2.38. The molecule has 2 saturated heterocycles. The smallest absolute Gasteiger partial charge is 0.208 e. The highest BCUT2D eigenvalue weighted by Crippen LogP contribution is 2.19. The van der Waals surface area contributed by atoms with Crippen molar-refractivity contribution < 1.29 is 9.15 Å². The van der Waals surface area contributed by atoms with Crippen molar-refractivity contribution in [2.75, 3.05) is 66.1 Å². The fourth-order valence-electron chi connectivity index (χ4n) is 3.77. The number of ether oxygens (including phenoxy) is 1. The molecule has 2 aliphatic rings. The van der Waals surface area contributed by atoms with Crippen molar-refractivity contribution in [1.82, 2.24) is 25.4 Å². The maximum Gasteiger partial charge on any atom is 0.208 e. The molecule has 1 aromatic heterocycles. The molecule has 2 N–H and O–H groups in total. The first-order valence-corrected chi connectivity index (χ1v) is 10.5. The highest BCUT2D eigenvalue weighted by molar-refractivity contribution is 5.79. The summed E-state index contributed by atoms with van der Waals surface area (Å²) in [5.74, 6) is 3.36. The van der Waals surface area contributed by atoms with Crippen LogP contribution in [0.3, 0.4) is 0 Å².